The minimum atomic E-state index is -0.333. The molecule has 31 heavy (non-hydrogen) atoms. The number of thiophene rings is 1. The maximum absolute atomic E-state index is 13.3. The summed E-state index contributed by atoms with van der Waals surface area (Å²) in [5, 5.41) is 0.798. The molecule has 0 aliphatic heterocycles. The van der Waals surface area contributed by atoms with Crippen molar-refractivity contribution in [3.05, 3.63) is 62.5 Å². The number of esters is 1. The quantitative estimate of drug-likeness (QED) is 0.524. The van der Waals surface area contributed by atoms with Crippen molar-refractivity contribution >= 4 is 27.5 Å². The highest BCUT2D eigenvalue weighted by atomic mass is 32.1. The van der Waals surface area contributed by atoms with Crippen molar-refractivity contribution in [1.29, 1.82) is 0 Å². The Hall–Kier alpha value is -2.47. The molecule has 164 valence electrons. The van der Waals surface area contributed by atoms with Crippen LogP contribution in [0.1, 0.15) is 67.4 Å². The third kappa shape index (κ3) is 4.45. The van der Waals surface area contributed by atoms with Crippen molar-refractivity contribution in [2.24, 2.45) is 11.3 Å². The monoisotopic (exact) mass is 438 g/mol. The van der Waals surface area contributed by atoms with Crippen LogP contribution in [0.4, 0.5) is 0 Å². The van der Waals surface area contributed by atoms with Gasteiger partial charge in [-0.2, -0.15) is 0 Å². The van der Waals surface area contributed by atoms with E-state index in [2.05, 4.69) is 25.8 Å². The van der Waals surface area contributed by atoms with Gasteiger partial charge in [0.05, 0.1) is 29.9 Å². The lowest BCUT2D eigenvalue weighted by atomic mass is 9.72. The molecule has 0 N–H and O–H groups in total. The molecule has 1 aromatic carbocycles. The predicted octanol–water partition coefficient (Wildman–Crippen LogP) is 5.22. The summed E-state index contributed by atoms with van der Waals surface area (Å²) in [5.74, 6) is 0.302. The van der Waals surface area contributed by atoms with E-state index in [-0.39, 0.29) is 23.0 Å². The first-order valence-electron chi connectivity index (χ1n) is 10.9. The van der Waals surface area contributed by atoms with Crippen LogP contribution in [0.25, 0.3) is 10.2 Å². The van der Waals surface area contributed by atoms with Gasteiger partial charge in [0.25, 0.3) is 5.56 Å². The Bertz CT molecular complexity index is 1170. The normalized spacial score (nSPS) is 16.5. The fourth-order valence-corrected chi connectivity index (χ4v) is 5.54. The Morgan fingerprint density at radius 2 is 1.97 bits per heavy atom. The zero-order valence-corrected chi connectivity index (χ0v) is 19.7. The third-order valence-electron chi connectivity index (χ3n) is 6.15. The van der Waals surface area contributed by atoms with Gasteiger partial charge in [0, 0.05) is 4.88 Å². The smallest absolute Gasteiger partial charge is 0.338 e. The highest BCUT2D eigenvalue weighted by molar-refractivity contribution is 7.18. The van der Waals surface area contributed by atoms with Crippen LogP contribution in [0, 0.1) is 11.3 Å². The van der Waals surface area contributed by atoms with E-state index in [1.54, 1.807) is 34.4 Å². The molecular weight excluding hydrogens is 408 g/mol. The average Bonchev–Trinajstić information content (AvgIpc) is 3.08. The second kappa shape index (κ2) is 8.23. The summed E-state index contributed by atoms with van der Waals surface area (Å²) in [6, 6.07) is 7.22. The predicted molar refractivity (Wildman–Crippen MR) is 125 cm³/mol. The molecule has 0 spiro atoms. The van der Waals surface area contributed by atoms with Gasteiger partial charge in [0.15, 0.2) is 0 Å². The highest BCUT2D eigenvalue weighted by Gasteiger charge is 2.31. The summed E-state index contributed by atoms with van der Waals surface area (Å²) < 4.78 is 6.90. The lowest BCUT2D eigenvalue weighted by molar-refractivity contribution is 0.0378. The number of aryl methyl sites for hydroxylation is 1. The molecule has 1 aliphatic rings. The van der Waals surface area contributed by atoms with Crippen LogP contribution in [0.15, 0.2) is 35.4 Å². The summed E-state index contributed by atoms with van der Waals surface area (Å²) in [6.07, 6.45) is 4.59. The topological polar surface area (TPSA) is 61.2 Å². The van der Waals surface area contributed by atoms with E-state index < -0.39 is 0 Å². The van der Waals surface area contributed by atoms with Crippen molar-refractivity contribution in [3.63, 3.8) is 0 Å². The van der Waals surface area contributed by atoms with E-state index >= 15 is 0 Å². The lowest BCUT2D eigenvalue weighted by Crippen LogP contribution is -2.27. The average molecular weight is 439 g/mol. The number of carbonyl (C=O) groups excluding carboxylic acids is 1. The molecule has 4 rings (SSSR count). The number of benzene rings is 1. The molecular formula is C25H30N2O3S. The number of nitrogens with zero attached hydrogens (tertiary/aromatic N) is 2. The van der Waals surface area contributed by atoms with Crippen molar-refractivity contribution in [2.75, 3.05) is 0 Å². The fraction of sp³-hybridized carbons (Fsp3) is 0.480. The van der Waals surface area contributed by atoms with Gasteiger partial charge in [-0.05, 0) is 67.7 Å². The van der Waals surface area contributed by atoms with Gasteiger partial charge in [-0.3, -0.25) is 9.36 Å². The number of hydrogen-bond donors (Lipinski definition) is 0. The molecule has 0 saturated heterocycles. The molecule has 2 aromatic heterocycles. The molecule has 1 unspecified atom stereocenters. The van der Waals surface area contributed by atoms with Crippen LogP contribution in [0.3, 0.4) is 0 Å². The molecule has 0 radical (unpaired) electrons. The maximum Gasteiger partial charge on any atom is 0.338 e. The van der Waals surface area contributed by atoms with Crippen LogP contribution >= 0.6 is 11.3 Å². The first kappa shape index (κ1) is 21.8. The van der Waals surface area contributed by atoms with Crippen LogP contribution in [0.2, 0.25) is 0 Å². The number of hydrogen-bond acceptors (Lipinski definition) is 5. The molecule has 0 amide bonds. The second-order valence-electron chi connectivity index (χ2n) is 9.82. The summed E-state index contributed by atoms with van der Waals surface area (Å²) >= 11 is 1.68. The van der Waals surface area contributed by atoms with Gasteiger partial charge < -0.3 is 4.74 Å². The van der Waals surface area contributed by atoms with Crippen molar-refractivity contribution in [1.82, 2.24) is 9.55 Å². The zero-order chi connectivity index (χ0) is 22.3. The fourth-order valence-electron chi connectivity index (χ4n) is 4.28. The van der Waals surface area contributed by atoms with Crippen molar-refractivity contribution in [3.8, 4) is 0 Å². The Balaban J connectivity index is 1.59. The molecule has 0 bridgehead atoms. The summed E-state index contributed by atoms with van der Waals surface area (Å²) in [6.45, 7) is 11.0. The first-order chi connectivity index (χ1) is 14.6. The second-order valence-corrected chi connectivity index (χ2v) is 10.9. The van der Waals surface area contributed by atoms with Crippen LogP contribution in [-0.4, -0.2) is 21.6 Å². The minimum absolute atomic E-state index is 0.0278. The third-order valence-corrected chi connectivity index (χ3v) is 7.31. The first-order valence-corrected chi connectivity index (χ1v) is 11.7. The van der Waals surface area contributed by atoms with Crippen LogP contribution < -0.4 is 5.56 Å². The van der Waals surface area contributed by atoms with E-state index in [1.807, 2.05) is 26.0 Å². The van der Waals surface area contributed by atoms with E-state index in [9.17, 15) is 9.59 Å². The van der Waals surface area contributed by atoms with Crippen LogP contribution in [0.5, 0.6) is 0 Å². The van der Waals surface area contributed by atoms with Crippen molar-refractivity contribution in [2.45, 2.75) is 66.5 Å². The SMILES string of the molecule is CC(C)OC(=O)c1ccc(Cn2cnc3sc4c(c3c2=O)CCC(C(C)(C)C)C4)cc1. The van der Waals surface area contributed by atoms with Gasteiger partial charge in [-0.15, -0.1) is 11.3 Å². The Labute approximate surface area is 187 Å². The molecule has 1 atom stereocenters. The minimum Gasteiger partial charge on any atom is -0.459 e. The van der Waals surface area contributed by atoms with E-state index in [1.165, 1.54) is 10.4 Å². The Morgan fingerprint density at radius 1 is 1.26 bits per heavy atom. The summed E-state index contributed by atoms with van der Waals surface area (Å²) in [5.41, 5.74) is 2.97. The van der Waals surface area contributed by atoms with Gasteiger partial charge in [-0.1, -0.05) is 32.9 Å². The largest absolute Gasteiger partial charge is 0.459 e. The van der Waals surface area contributed by atoms with Gasteiger partial charge in [0.1, 0.15) is 4.83 Å². The molecule has 0 saturated carbocycles. The van der Waals surface area contributed by atoms with E-state index in [0.717, 1.165) is 35.0 Å². The molecule has 1 aliphatic carbocycles. The summed E-state index contributed by atoms with van der Waals surface area (Å²) in [4.78, 5) is 32.1. The number of ether oxygens (including phenoxy) is 1. The van der Waals surface area contributed by atoms with E-state index in [0.29, 0.717) is 18.0 Å². The van der Waals surface area contributed by atoms with Gasteiger partial charge in [-0.25, -0.2) is 9.78 Å². The van der Waals surface area contributed by atoms with Crippen molar-refractivity contribution < 1.29 is 9.53 Å². The number of carbonyl (C=O) groups is 1. The lowest BCUT2D eigenvalue weighted by Gasteiger charge is -2.33. The van der Waals surface area contributed by atoms with Gasteiger partial charge >= 0.3 is 5.97 Å². The van der Waals surface area contributed by atoms with E-state index in [4.69, 9.17) is 4.74 Å². The van der Waals surface area contributed by atoms with Gasteiger partial charge in [0.2, 0.25) is 0 Å². The zero-order valence-electron chi connectivity index (χ0n) is 18.9. The molecule has 3 aromatic rings. The number of rotatable bonds is 4. The highest BCUT2D eigenvalue weighted by Crippen LogP contribution is 2.41. The Morgan fingerprint density at radius 3 is 2.61 bits per heavy atom. The summed E-state index contributed by atoms with van der Waals surface area (Å²) in [7, 11) is 0. The molecule has 0 fully saturated rings. The molecule has 6 heteroatoms. The van der Waals surface area contributed by atoms with Crippen LogP contribution in [-0.2, 0) is 24.1 Å². The maximum atomic E-state index is 13.3. The number of fused-ring (bicyclic) bond motifs is 3. The molecule has 5 nitrogen and oxygen atoms in total. The standard InChI is InChI=1S/C25H30N2O3S/c1-15(2)30-24(29)17-8-6-16(7-9-17)13-27-14-26-22-21(23(27)28)19-11-10-18(25(3,4)5)12-20(19)31-22/h6-9,14-15,18H,10-13H2,1-5H3. The molecule has 2 heterocycles. The Kier molecular flexibility index (Phi) is 5.77. The number of aromatic nitrogens is 2.